The van der Waals surface area contributed by atoms with E-state index in [0.717, 1.165) is 15.6 Å². The van der Waals surface area contributed by atoms with Gasteiger partial charge in [0.2, 0.25) is 0 Å². The number of halogens is 3. The fourth-order valence-corrected chi connectivity index (χ4v) is 4.75. The van der Waals surface area contributed by atoms with E-state index in [1.807, 2.05) is 54.6 Å². The highest BCUT2D eigenvalue weighted by Crippen LogP contribution is 2.29. The summed E-state index contributed by atoms with van der Waals surface area (Å²) in [6, 6.07) is 26.3. The van der Waals surface area contributed by atoms with Crippen LogP contribution in [0, 0.1) is 0 Å². The number of carbonyl (C=O) groups is 2. The van der Waals surface area contributed by atoms with Crippen molar-refractivity contribution in [1.82, 2.24) is 10.7 Å². The molecule has 0 saturated heterocycles. The minimum Gasteiger partial charge on any atom is -0.493 e. The Bertz CT molecular complexity index is 1600. The van der Waals surface area contributed by atoms with Crippen LogP contribution in [0.5, 0.6) is 17.2 Å². The first-order valence-corrected chi connectivity index (χ1v) is 15.1. The minimum absolute atomic E-state index is 0.237. The summed E-state index contributed by atoms with van der Waals surface area (Å²) in [6.45, 7) is 1.94. The van der Waals surface area contributed by atoms with E-state index in [2.05, 4.69) is 31.8 Å². The van der Waals surface area contributed by atoms with Crippen molar-refractivity contribution in [3.8, 4) is 17.2 Å². The monoisotopic (exact) mass is 697 g/mol. The summed E-state index contributed by atoms with van der Waals surface area (Å²) in [7, 11) is 1.55. The van der Waals surface area contributed by atoms with Crippen molar-refractivity contribution in [2.45, 2.75) is 32.1 Å². The average Bonchev–Trinajstić information content (AvgIpc) is 3.02. The van der Waals surface area contributed by atoms with E-state index in [-0.39, 0.29) is 11.4 Å². The van der Waals surface area contributed by atoms with Crippen molar-refractivity contribution in [3.05, 3.63) is 122 Å². The Morgan fingerprint density at radius 2 is 1.61 bits per heavy atom. The Labute approximate surface area is 274 Å². The number of hydrogen-bond donors (Lipinski definition) is 2. The van der Waals surface area contributed by atoms with E-state index < -0.39 is 24.0 Å². The van der Waals surface area contributed by atoms with E-state index in [4.69, 9.17) is 37.4 Å². The largest absolute Gasteiger partial charge is 0.493 e. The molecule has 8 nitrogen and oxygen atoms in total. The smallest absolute Gasteiger partial charge is 0.262 e. The fraction of sp³-hybridized carbons (Fsp3) is 0.182. The number of rotatable bonds is 13. The van der Waals surface area contributed by atoms with Gasteiger partial charge in [-0.05, 0) is 72.1 Å². The van der Waals surface area contributed by atoms with E-state index in [9.17, 15) is 9.59 Å². The maximum absolute atomic E-state index is 13.2. The molecular weight excluding hydrogens is 669 g/mol. The zero-order chi connectivity index (χ0) is 31.5. The molecule has 0 aliphatic heterocycles. The molecule has 0 aromatic heterocycles. The number of hydrogen-bond acceptors (Lipinski definition) is 6. The topological polar surface area (TPSA) is 98.2 Å². The third kappa shape index (κ3) is 9.74. The molecule has 0 bridgehead atoms. The SMILES string of the molecule is COc1cc(/C=N\NC(=O)[C@H](Cc2ccccc2)NC(=O)[C@H](C)Oc2ccc(Cl)cc2Cl)ccc1OCc1ccc(Br)cc1. The number of nitrogens with one attached hydrogen (secondary N) is 2. The molecule has 2 N–H and O–H groups in total. The van der Waals surface area contributed by atoms with Crippen LogP contribution in [0.15, 0.2) is 101 Å². The van der Waals surface area contributed by atoms with Crippen LogP contribution in [-0.2, 0) is 22.6 Å². The maximum atomic E-state index is 13.2. The van der Waals surface area contributed by atoms with Gasteiger partial charge in [-0.1, -0.05) is 81.6 Å². The van der Waals surface area contributed by atoms with Gasteiger partial charge < -0.3 is 19.5 Å². The second-order valence-electron chi connectivity index (χ2n) is 9.65. The summed E-state index contributed by atoms with van der Waals surface area (Å²) in [4.78, 5) is 26.2. The lowest BCUT2D eigenvalue weighted by molar-refractivity contribution is -0.132. The lowest BCUT2D eigenvalue weighted by Gasteiger charge is -2.21. The predicted octanol–water partition coefficient (Wildman–Crippen LogP) is 6.99. The Balaban J connectivity index is 1.40. The van der Waals surface area contributed by atoms with Crippen LogP contribution >= 0.6 is 39.1 Å². The molecule has 11 heteroatoms. The average molecular weight is 699 g/mol. The molecule has 0 spiro atoms. The lowest BCUT2D eigenvalue weighted by Crippen LogP contribution is -2.50. The molecule has 228 valence electrons. The molecule has 2 amide bonds. The van der Waals surface area contributed by atoms with E-state index >= 15 is 0 Å². The standard InChI is InChI=1S/C33H30BrCl2N3O5/c1-21(44-29-15-13-26(35)18-27(29)36)32(40)38-28(16-22-6-4-3-5-7-22)33(41)39-37-19-24-10-14-30(31(17-24)42-2)43-20-23-8-11-25(34)12-9-23/h3-15,17-19,21,28H,16,20H2,1-2H3,(H,38,40)(H,39,41)/b37-19-/t21-,28-/m0/s1. The lowest BCUT2D eigenvalue weighted by atomic mass is 10.1. The first-order valence-electron chi connectivity index (χ1n) is 13.6. The van der Waals surface area contributed by atoms with Crippen molar-refractivity contribution in [3.63, 3.8) is 0 Å². The molecule has 0 fully saturated rings. The minimum atomic E-state index is -0.944. The highest BCUT2D eigenvalue weighted by Gasteiger charge is 2.25. The van der Waals surface area contributed by atoms with Gasteiger partial charge in [0.25, 0.3) is 11.8 Å². The maximum Gasteiger partial charge on any atom is 0.262 e. The van der Waals surface area contributed by atoms with Crippen LogP contribution in [-0.4, -0.2) is 37.3 Å². The van der Waals surface area contributed by atoms with Gasteiger partial charge in [-0.2, -0.15) is 5.10 Å². The number of benzene rings is 4. The van der Waals surface area contributed by atoms with Gasteiger partial charge in [-0.25, -0.2) is 5.43 Å². The molecular formula is C33H30BrCl2N3O5. The van der Waals surface area contributed by atoms with Crippen LogP contribution in [0.2, 0.25) is 10.0 Å². The number of methoxy groups -OCH3 is 1. The predicted molar refractivity (Wildman–Crippen MR) is 176 cm³/mol. The summed E-state index contributed by atoms with van der Waals surface area (Å²) in [6.07, 6.45) is 0.773. The van der Waals surface area contributed by atoms with E-state index in [0.29, 0.717) is 34.4 Å². The van der Waals surface area contributed by atoms with Gasteiger partial charge in [0.05, 0.1) is 18.3 Å². The van der Waals surface area contributed by atoms with Crippen molar-refractivity contribution in [2.24, 2.45) is 5.10 Å². The third-order valence-electron chi connectivity index (χ3n) is 6.37. The molecule has 0 saturated carbocycles. The normalized spacial score (nSPS) is 12.3. The van der Waals surface area contributed by atoms with Gasteiger partial charge in [-0.3, -0.25) is 9.59 Å². The van der Waals surface area contributed by atoms with E-state index in [1.165, 1.54) is 12.3 Å². The van der Waals surface area contributed by atoms with Crippen LogP contribution < -0.4 is 25.0 Å². The summed E-state index contributed by atoms with van der Waals surface area (Å²) < 4.78 is 18.1. The highest BCUT2D eigenvalue weighted by molar-refractivity contribution is 9.10. The highest BCUT2D eigenvalue weighted by atomic mass is 79.9. The Morgan fingerprint density at radius 3 is 2.32 bits per heavy atom. The molecule has 44 heavy (non-hydrogen) atoms. The Kier molecular flexibility index (Phi) is 12.1. The van der Waals surface area contributed by atoms with Crippen LogP contribution in [0.1, 0.15) is 23.6 Å². The molecule has 0 heterocycles. The number of hydrazone groups is 1. The van der Waals surface area contributed by atoms with Crippen LogP contribution in [0.4, 0.5) is 0 Å². The summed E-state index contributed by atoms with van der Waals surface area (Å²) in [5, 5.41) is 7.59. The van der Waals surface area contributed by atoms with Crippen molar-refractivity contribution in [1.29, 1.82) is 0 Å². The second-order valence-corrected chi connectivity index (χ2v) is 11.4. The molecule has 0 aliphatic carbocycles. The molecule has 4 rings (SSSR count). The zero-order valence-corrected chi connectivity index (χ0v) is 27.0. The first kappa shape index (κ1) is 32.9. The van der Waals surface area contributed by atoms with Crippen molar-refractivity contribution >= 4 is 57.2 Å². The van der Waals surface area contributed by atoms with Crippen LogP contribution in [0.3, 0.4) is 0 Å². The summed E-state index contributed by atoms with van der Waals surface area (Å²) in [5.74, 6) is 0.378. The van der Waals surface area contributed by atoms with Gasteiger partial charge in [-0.15, -0.1) is 0 Å². The molecule has 2 atom stereocenters. The molecule has 0 unspecified atom stereocenters. The zero-order valence-electron chi connectivity index (χ0n) is 23.9. The molecule has 4 aromatic rings. The van der Waals surface area contributed by atoms with Gasteiger partial charge >= 0.3 is 0 Å². The Hall–Kier alpha value is -4.05. The molecule has 4 aromatic carbocycles. The number of carbonyl (C=O) groups excluding carboxylic acids is 2. The van der Waals surface area contributed by atoms with Gasteiger partial charge in [0.15, 0.2) is 17.6 Å². The third-order valence-corrected chi connectivity index (χ3v) is 7.43. The first-order chi connectivity index (χ1) is 21.2. The summed E-state index contributed by atoms with van der Waals surface area (Å²) in [5.41, 5.74) is 5.06. The van der Waals surface area contributed by atoms with Crippen LogP contribution in [0.25, 0.3) is 0 Å². The Morgan fingerprint density at radius 1 is 0.886 bits per heavy atom. The van der Waals surface area contributed by atoms with Gasteiger partial charge in [0.1, 0.15) is 18.4 Å². The molecule has 0 radical (unpaired) electrons. The number of nitrogens with zero attached hydrogens (tertiary/aromatic N) is 1. The van der Waals surface area contributed by atoms with Crippen molar-refractivity contribution < 1.29 is 23.8 Å². The fourth-order valence-electron chi connectivity index (χ4n) is 4.04. The molecule has 0 aliphatic rings. The quantitative estimate of drug-likeness (QED) is 0.116. The van der Waals surface area contributed by atoms with Crippen molar-refractivity contribution in [2.75, 3.05) is 7.11 Å². The van der Waals surface area contributed by atoms with E-state index in [1.54, 1.807) is 44.4 Å². The summed E-state index contributed by atoms with van der Waals surface area (Å²) >= 11 is 15.6. The second kappa shape index (κ2) is 16.1. The number of ether oxygens (including phenoxy) is 3. The van der Waals surface area contributed by atoms with Gasteiger partial charge in [0, 0.05) is 15.9 Å². The number of amides is 2.